The summed E-state index contributed by atoms with van der Waals surface area (Å²) < 4.78 is 61.6. The second kappa shape index (κ2) is 5.88. The summed E-state index contributed by atoms with van der Waals surface area (Å²) in [5.41, 5.74) is -1.20. The lowest BCUT2D eigenvalue weighted by atomic mass is 9.85. The molecule has 0 amide bonds. The highest BCUT2D eigenvalue weighted by Crippen LogP contribution is 2.38. The molecular formula is C11H18F3NO4S. The van der Waals surface area contributed by atoms with Crippen LogP contribution in [0.15, 0.2) is 0 Å². The van der Waals surface area contributed by atoms with Gasteiger partial charge in [-0.05, 0) is 26.2 Å². The quantitative estimate of drug-likeness (QED) is 0.783. The molecule has 9 heteroatoms. The van der Waals surface area contributed by atoms with E-state index in [2.05, 4.69) is 4.72 Å². The van der Waals surface area contributed by atoms with E-state index in [-0.39, 0.29) is 0 Å². The van der Waals surface area contributed by atoms with Crippen LogP contribution in [0.5, 0.6) is 0 Å². The van der Waals surface area contributed by atoms with E-state index in [1.807, 2.05) is 0 Å². The molecule has 1 aliphatic carbocycles. The van der Waals surface area contributed by atoms with E-state index in [0.29, 0.717) is 19.3 Å². The van der Waals surface area contributed by atoms with Crippen molar-refractivity contribution in [2.75, 3.05) is 5.75 Å². The smallest absolute Gasteiger partial charge is 0.389 e. The van der Waals surface area contributed by atoms with E-state index in [1.54, 1.807) is 0 Å². The molecule has 1 aliphatic rings. The summed E-state index contributed by atoms with van der Waals surface area (Å²) in [6.45, 7) is 1.45. The number of rotatable bonds is 6. The number of aliphatic carboxylic acids is 1. The second-order valence-electron chi connectivity index (χ2n) is 5.32. The van der Waals surface area contributed by atoms with E-state index in [9.17, 15) is 26.4 Å². The molecule has 20 heavy (non-hydrogen) atoms. The first-order valence-electron chi connectivity index (χ1n) is 6.26. The maximum absolute atomic E-state index is 12.0. The van der Waals surface area contributed by atoms with Gasteiger partial charge in [-0.2, -0.15) is 13.2 Å². The van der Waals surface area contributed by atoms with Crippen molar-refractivity contribution in [3.8, 4) is 0 Å². The van der Waals surface area contributed by atoms with Crippen LogP contribution in [0, 0.1) is 5.41 Å². The molecule has 0 radical (unpaired) electrons. The topological polar surface area (TPSA) is 83.5 Å². The molecule has 2 unspecified atom stereocenters. The molecule has 0 heterocycles. The summed E-state index contributed by atoms with van der Waals surface area (Å²) in [4.78, 5) is 11.2. The third kappa shape index (κ3) is 4.62. The van der Waals surface area contributed by atoms with E-state index < -0.39 is 52.2 Å². The van der Waals surface area contributed by atoms with Gasteiger partial charge in [0.2, 0.25) is 10.0 Å². The van der Waals surface area contributed by atoms with E-state index in [0.717, 1.165) is 0 Å². The van der Waals surface area contributed by atoms with Gasteiger partial charge in [0.05, 0.1) is 11.2 Å². The predicted molar refractivity (Wildman–Crippen MR) is 65.6 cm³/mol. The fraction of sp³-hybridized carbons (Fsp3) is 0.909. The average Bonchev–Trinajstić information content (AvgIpc) is 2.58. The Morgan fingerprint density at radius 1 is 1.45 bits per heavy atom. The van der Waals surface area contributed by atoms with Gasteiger partial charge in [-0.25, -0.2) is 13.1 Å². The molecular weight excluding hydrogens is 299 g/mol. The minimum absolute atomic E-state index is 0.345. The Balaban J connectivity index is 2.60. The van der Waals surface area contributed by atoms with Crippen LogP contribution in [0.25, 0.3) is 0 Å². The van der Waals surface area contributed by atoms with Crippen molar-refractivity contribution in [3.05, 3.63) is 0 Å². The van der Waals surface area contributed by atoms with Gasteiger partial charge in [0, 0.05) is 12.5 Å². The van der Waals surface area contributed by atoms with Crippen molar-refractivity contribution in [2.24, 2.45) is 5.41 Å². The number of carboxylic acid groups (broad SMARTS) is 1. The standard InChI is InChI=1S/C11H18F3NO4S/c1-10(9(16)17)5-2-4-8(10)15-20(18,19)7-3-6-11(12,13)14/h8,15H,2-7H2,1H3,(H,16,17). The summed E-state index contributed by atoms with van der Waals surface area (Å²) in [5, 5.41) is 9.14. The zero-order valence-electron chi connectivity index (χ0n) is 11.0. The molecule has 5 nitrogen and oxygen atoms in total. The molecule has 1 saturated carbocycles. The number of sulfonamides is 1. The highest BCUT2D eigenvalue weighted by Gasteiger charge is 2.46. The Bertz CT molecular complexity index is 463. The molecule has 0 saturated heterocycles. The maximum Gasteiger partial charge on any atom is 0.389 e. The van der Waals surface area contributed by atoms with Crippen molar-refractivity contribution < 1.29 is 31.5 Å². The zero-order valence-corrected chi connectivity index (χ0v) is 11.9. The monoisotopic (exact) mass is 317 g/mol. The molecule has 0 aromatic rings. The molecule has 1 rings (SSSR count). The van der Waals surface area contributed by atoms with E-state index >= 15 is 0 Å². The molecule has 1 fully saturated rings. The van der Waals surface area contributed by atoms with Crippen LogP contribution in [0.4, 0.5) is 13.2 Å². The minimum atomic E-state index is -4.39. The lowest BCUT2D eigenvalue weighted by Gasteiger charge is -2.27. The molecule has 2 atom stereocenters. The number of alkyl halides is 3. The highest BCUT2D eigenvalue weighted by atomic mass is 32.2. The van der Waals surface area contributed by atoms with Crippen LogP contribution in [-0.2, 0) is 14.8 Å². The van der Waals surface area contributed by atoms with Crippen LogP contribution < -0.4 is 4.72 Å². The van der Waals surface area contributed by atoms with Crippen LogP contribution in [0.2, 0.25) is 0 Å². The third-order valence-corrected chi connectivity index (χ3v) is 5.11. The number of carbonyl (C=O) groups is 1. The van der Waals surface area contributed by atoms with Crippen LogP contribution >= 0.6 is 0 Å². The number of hydrogen-bond acceptors (Lipinski definition) is 3. The Morgan fingerprint density at radius 3 is 2.55 bits per heavy atom. The summed E-state index contributed by atoms with van der Waals surface area (Å²) in [7, 11) is -3.91. The lowest BCUT2D eigenvalue weighted by molar-refractivity contribution is -0.148. The van der Waals surface area contributed by atoms with Gasteiger partial charge in [0.15, 0.2) is 0 Å². The molecule has 2 N–H and O–H groups in total. The van der Waals surface area contributed by atoms with Crippen LogP contribution in [-0.4, -0.2) is 37.5 Å². The second-order valence-corrected chi connectivity index (χ2v) is 7.20. The zero-order chi connectivity index (χ0) is 15.6. The van der Waals surface area contributed by atoms with Gasteiger partial charge in [0.1, 0.15) is 0 Å². The molecule has 0 aromatic carbocycles. The summed E-state index contributed by atoms with van der Waals surface area (Å²) in [5.74, 6) is -1.75. The predicted octanol–water partition coefficient (Wildman–Crippen LogP) is 1.89. The first-order chi connectivity index (χ1) is 8.96. The maximum atomic E-state index is 12.0. The molecule has 0 spiro atoms. The number of carboxylic acids is 1. The Labute approximate surface area is 115 Å². The summed E-state index contributed by atoms with van der Waals surface area (Å²) >= 11 is 0. The van der Waals surface area contributed by atoms with Gasteiger partial charge in [-0.1, -0.05) is 6.42 Å². The van der Waals surface area contributed by atoms with Crippen molar-refractivity contribution >= 4 is 16.0 Å². The average molecular weight is 317 g/mol. The van der Waals surface area contributed by atoms with Crippen molar-refractivity contribution in [2.45, 2.75) is 51.2 Å². The number of halogens is 3. The van der Waals surface area contributed by atoms with Gasteiger partial charge < -0.3 is 5.11 Å². The largest absolute Gasteiger partial charge is 0.481 e. The van der Waals surface area contributed by atoms with Gasteiger partial charge in [-0.3, -0.25) is 4.79 Å². The molecule has 0 bridgehead atoms. The van der Waals surface area contributed by atoms with E-state index in [1.165, 1.54) is 6.92 Å². The third-order valence-electron chi connectivity index (χ3n) is 3.64. The first-order valence-corrected chi connectivity index (χ1v) is 7.92. The van der Waals surface area contributed by atoms with Gasteiger partial charge in [0.25, 0.3) is 0 Å². The Hall–Kier alpha value is -0.830. The SMILES string of the molecule is CC1(C(=O)O)CCCC1NS(=O)(=O)CCCC(F)(F)F. The molecule has 0 aliphatic heterocycles. The summed E-state index contributed by atoms with van der Waals surface area (Å²) in [6.07, 6.45) is -4.81. The number of hydrogen-bond donors (Lipinski definition) is 2. The molecule has 0 aromatic heterocycles. The van der Waals surface area contributed by atoms with Gasteiger partial charge >= 0.3 is 12.1 Å². The number of nitrogens with one attached hydrogen (secondary N) is 1. The Morgan fingerprint density at radius 2 is 2.05 bits per heavy atom. The lowest BCUT2D eigenvalue weighted by Crippen LogP contribution is -2.47. The fourth-order valence-electron chi connectivity index (χ4n) is 2.35. The van der Waals surface area contributed by atoms with Crippen LogP contribution in [0.1, 0.15) is 39.0 Å². The van der Waals surface area contributed by atoms with Crippen LogP contribution in [0.3, 0.4) is 0 Å². The first kappa shape index (κ1) is 17.2. The van der Waals surface area contributed by atoms with Crippen molar-refractivity contribution in [1.29, 1.82) is 0 Å². The molecule has 118 valence electrons. The van der Waals surface area contributed by atoms with Gasteiger partial charge in [-0.15, -0.1) is 0 Å². The summed E-state index contributed by atoms with van der Waals surface area (Å²) in [6, 6.07) is -0.768. The van der Waals surface area contributed by atoms with Crippen molar-refractivity contribution in [3.63, 3.8) is 0 Å². The fourth-order valence-corrected chi connectivity index (χ4v) is 3.80. The highest BCUT2D eigenvalue weighted by molar-refractivity contribution is 7.89. The van der Waals surface area contributed by atoms with E-state index in [4.69, 9.17) is 5.11 Å². The minimum Gasteiger partial charge on any atom is -0.481 e. The van der Waals surface area contributed by atoms with Crippen molar-refractivity contribution in [1.82, 2.24) is 4.72 Å². The Kier molecular flexibility index (Phi) is 5.07. The normalized spacial score (nSPS) is 27.7.